The molecule has 1 aliphatic heterocycles. The van der Waals surface area contributed by atoms with Crippen LogP contribution in [0, 0.1) is 19.8 Å². The lowest BCUT2D eigenvalue weighted by atomic mass is 9.98. The molecule has 1 atom stereocenters. The van der Waals surface area contributed by atoms with Crippen LogP contribution in [0.1, 0.15) is 34.5 Å². The molecule has 1 N–H and O–H groups in total. The Morgan fingerprint density at radius 2 is 2.30 bits per heavy atom. The van der Waals surface area contributed by atoms with Crippen LogP contribution in [0.15, 0.2) is 6.07 Å². The highest BCUT2D eigenvalue weighted by Crippen LogP contribution is 2.27. The van der Waals surface area contributed by atoms with E-state index < -0.39 is 5.97 Å². The Balaban J connectivity index is 2.33. The molecule has 0 saturated carbocycles. The molecule has 0 amide bonds. The standard InChI is InChI=1S/C15H22N2O3/c1-10-7-11(2)16-14(13(10)15(18)19)17-6-4-5-12(8-17)9-20-3/h7,12H,4-6,8-9H2,1-3H3,(H,18,19). The van der Waals surface area contributed by atoms with Gasteiger partial charge in [-0.25, -0.2) is 9.78 Å². The number of methoxy groups -OCH3 is 1. The number of carboxylic acids is 1. The number of aromatic nitrogens is 1. The zero-order valence-corrected chi connectivity index (χ0v) is 12.3. The maximum atomic E-state index is 11.5. The van der Waals surface area contributed by atoms with E-state index in [2.05, 4.69) is 9.88 Å². The fourth-order valence-corrected chi connectivity index (χ4v) is 2.94. The van der Waals surface area contributed by atoms with Gasteiger partial charge < -0.3 is 14.7 Å². The van der Waals surface area contributed by atoms with Crippen LogP contribution in [0.2, 0.25) is 0 Å². The summed E-state index contributed by atoms with van der Waals surface area (Å²) in [6.45, 7) is 6.11. The molecule has 0 aliphatic carbocycles. The van der Waals surface area contributed by atoms with Gasteiger partial charge in [0.15, 0.2) is 0 Å². The molecule has 1 saturated heterocycles. The van der Waals surface area contributed by atoms with Gasteiger partial charge in [-0.2, -0.15) is 0 Å². The smallest absolute Gasteiger partial charge is 0.339 e. The van der Waals surface area contributed by atoms with E-state index in [4.69, 9.17) is 4.74 Å². The molecule has 5 heteroatoms. The van der Waals surface area contributed by atoms with Crippen molar-refractivity contribution in [2.75, 3.05) is 31.7 Å². The summed E-state index contributed by atoms with van der Waals surface area (Å²) in [4.78, 5) is 18.1. The molecule has 1 aromatic rings. The summed E-state index contributed by atoms with van der Waals surface area (Å²) in [7, 11) is 1.71. The largest absolute Gasteiger partial charge is 0.478 e. The van der Waals surface area contributed by atoms with E-state index in [1.54, 1.807) is 7.11 Å². The van der Waals surface area contributed by atoms with Crippen molar-refractivity contribution in [3.63, 3.8) is 0 Å². The summed E-state index contributed by atoms with van der Waals surface area (Å²) in [6, 6.07) is 1.82. The summed E-state index contributed by atoms with van der Waals surface area (Å²) in [6.07, 6.45) is 2.17. The maximum Gasteiger partial charge on any atom is 0.339 e. The van der Waals surface area contributed by atoms with E-state index in [9.17, 15) is 9.90 Å². The van der Waals surface area contributed by atoms with Gasteiger partial charge >= 0.3 is 5.97 Å². The van der Waals surface area contributed by atoms with Crippen molar-refractivity contribution in [2.45, 2.75) is 26.7 Å². The van der Waals surface area contributed by atoms with Gasteiger partial charge in [-0.15, -0.1) is 0 Å². The molecule has 1 unspecified atom stereocenters. The van der Waals surface area contributed by atoms with Crippen molar-refractivity contribution in [3.05, 3.63) is 22.9 Å². The number of rotatable bonds is 4. The number of hydrogen-bond acceptors (Lipinski definition) is 4. The molecule has 20 heavy (non-hydrogen) atoms. The number of pyridine rings is 1. The highest BCUT2D eigenvalue weighted by Gasteiger charge is 2.26. The van der Waals surface area contributed by atoms with Gasteiger partial charge in [-0.1, -0.05) is 0 Å². The molecule has 0 radical (unpaired) electrons. The van der Waals surface area contributed by atoms with Gasteiger partial charge in [0.05, 0.1) is 6.61 Å². The van der Waals surface area contributed by atoms with Crippen LogP contribution in [0.25, 0.3) is 0 Å². The van der Waals surface area contributed by atoms with E-state index in [0.717, 1.165) is 37.2 Å². The van der Waals surface area contributed by atoms with Gasteiger partial charge in [-0.3, -0.25) is 0 Å². The second-order valence-electron chi connectivity index (χ2n) is 5.49. The van der Waals surface area contributed by atoms with Gasteiger partial charge in [0, 0.05) is 25.9 Å². The van der Waals surface area contributed by atoms with Gasteiger partial charge in [0.1, 0.15) is 11.4 Å². The minimum atomic E-state index is -0.904. The maximum absolute atomic E-state index is 11.5. The van der Waals surface area contributed by atoms with Crippen molar-refractivity contribution in [2.24, 2.45) is 5.92 Å². The fourth-order valence-electron chi connectivity index (χ4n) is 2.94. The molecule has 0 spiro atoms. The van der Waals surface area contributed by atoms with Crippen LogP contribution in [0.3, 0.4) is 0 Å². The first kappa shape index (κ1) is 14.8. The third-order valence-corrected chi connectivity index (χ3v) is 3.76. The van der Waals surface area contributed by atoms with Gasteiger partial charge in [-0.05, 0) is 44.2 Å². The Hall–Kier alpha value is -1.62. The average molecular weight is 278 g/mol. The third kappa shape index (κ3) is 3.10. The number of piperidine rings is 1. The molecule has 110 valence electrons. The molecule has 0 aromatic carbocycles. The van der Waals surface area contributed by atoms with E-state index >= 15 is 0 Å². The topological polar surface area (TPSA) is 62.7 Å². The molecule has 1 aromatic heterocycles. The van der Waals surface area contributed by atoms with E-state index in [-0.39, 0.29) is 0 Å². The zero-order valence-electron chi connectivity index (χ0n) is 12.3. The summed E-state index contributed by atoms with van der Waals surface area (Å²) in [5.41, 5.74) is 1.96. The first-order valence-electron chi connectivity index (χ1n) is 6.98. The van der Waals surface area contributed by atoms with Crippen LogP contribution < -0.4 is 4.90 Å². The number of carboxylic acid groups (broad SMARTS) is 1. The normalized spacial score (nSPS) is 19.1. The van der Waals surface area contributed by atoms with Crippen LogP contribution in [-0.2, 0) is 4.74 Å². The van der Waals surface area contributed by atoms with Crippen molar-refractivity contribution < 1.29 is 14.6 Å². The Labute approximate surface area is 119 Å². The number of ether oxygens (including phenoxy) is 1. The Morgan fingerprint density at radius 3 is 2.95 bits per heavy atom. The number of hydrogen-bond donors (Lipinski definition) is 1. The average Bonchev–Trinajstić information content (AvgIpc) is 2.38. The number of aryl methyl sites for hydroxylation is 2. The highest BCUT2D eigenvalue weighted by atomic mass is 16.5. The highest BCUT2D eigenvalue weighted by molar-refractivity contribution is 5.95. The van der Waals surface area contributed by atoms with Crippen molar-refractivity contribution in [3.8, 4) is 0 Å². The predicted octanol–water partition coefficient (Wildman–Crippen LogP) is 2.26. The minimum Gasteiger partial charge on any atom is -0.478 e. The lowest BCUT2D eigenvalue weighted by Crippen LogP contribution is -2.38. The molecule has 1 aliphatic rings. The summed E-state index contributed by atoms with van der Waals surface area (Å²) < 4.78 is 5.23. The predicted molar refractivity (Wildman–Crippen MR) is 77.5 cm³/mol. The molecule has 2 heterocycles. The molecule has 0 bridgehead atoms. The third-order valence-electron chi connectivity index (χ3n) is 3.76. The first-order chi connectivity index (χ1) is 9.52. The number of nitrogens with zero attached hydrogens (tertiary/aromatic N) is 2. The Bertz CT molecular complexity index is 500. The lowest BCUT2D eigenvalue weighted by molar-refractivity contribution is 0.0696. The Morgan fingerprint density at radius 1 is 1.55 bits per heavy atom. The van der Waals surface area contributed by atoms with Crippen LogP contribution in [0.4, 0.5) is 5.82 Å². The van der Waals surface area contributed by atoms with Crippen LogP contribution >= 0.6 is 0 Å². The second-order valence-corrected chi connectivity index (χ2v) is 5.49. The monoisotopic (exact) mass is 278 g/mol. The first-order valence-corrected chi connectivity index (χ1v) is 6.98. The van der Waals surface area contributed by atoms with E-state index in [1.165, 1.54) is 0 Å². The quantitative estimate of drug-likeness (QED) is 0.915. The van der Waals surface area contributed by atoms with Crippen LogP contribution in [-0.4, -0.2) is 42.9 Å². The molecular weight excluding hydrogens is 256 g/mol. The van der Waals surface area contributed by atoms with E-state index in [0.29, 0.717) is 23.9 Å². The number of carbonyl (C=O) groups is 1. The fraction of sp³-hybridized carbons (Fsp3) is 0.600. The van der Waals surface area contributed by atoms with Crippen molar-refractivity contribution >= 4 is 11.8 Å². The van der Waals surface area contributed by atoms with E-state index in [1.807, 2.05) is 19.9 Å². The number of aromatic carboxylic acids is 1. The Kier molecular flexibility index (Phi) is 4.60. The summed E-state index contributed by atoms with van der Waals surface area (Å²) >= 11 is 0. The molecule has 1 fully saturated rings. The molecule has 5 nitrogen and oxygen atoms in total. The SMILES string of the molecule is COCC1CCCN(c2nc(C)cc(C)c2C(=O)O)C1. The molecular formula is C15H22N2O3. The second kappa shape index (κ2) is 6.22. The lowest BCUT2D eigenvalue weighted by Gasteiger charge is -2.34. The summed E-state index contributed by atoms with van der Waals surface area (Å²) in [5, 5.41) is 9.45. The summed E-state index contributed by atoms with van der Waals surface area (Å²) in [5.74, 6) is 0.146. The van der Waals surface area contributed by atoms with Gasteiger partial charge in [0.2, 0.25) is 0 Å². The van der Waals surface area contributed by atoms with Crippen molar-refractivity contribution in [1.29, 1.82) is 0 Å². The van der Waals surface area contributed by atoms with Gasteiger partial charge in [0.25, 0.3) is 0 Å². The molecule has 2 rings (SSSR count). The number of anilines is 1. The zero-order chi connectivity index (χ0) is 14.7. The minimum absolute atomic E-state index is 0.327. The van der Waals surface area contributed by atoms with Crippen LogP contribution in [0.5, 0.6) is 0 Å². The van der Waals surface area contributed by atoms with Crippen molar-refractivity contribution in [1.82, 2.24) is 4.98 Å².